The number of nitrogens with zero attached hydrogens (tertiary/aromatic N) is 6. The van der Waals surface area contributed by atoms with E-state index < -0.39 is 0 Å². The molecule has 7 nitrogen and oxygen atoms in total. The molecule has 0 bridgehead atoms. The molecule has 30 heavy (non-hydrogen) atoms. The molecule has 7 heteroatoms. The highest BCUT2D eigenvalue weighted by Gasteiger charge is 2.18. The summed E-state index contributed by atoms with van der Waals surface area (Å²) in [6.07, 6.45) is 3.96. The molecule has 1 fully saturated rings. The monoisotopic (exact) mass is 411 g/mol. The van der Waals surface area contributed by atoms with E-state index in [-0.39, 0.29) is 0 Å². The Morgan fingerprint density at radius 3 is 2.63 bits per heavy atom. The Balaban J connectivity index is 1.49. The predicted molar refractivity (Wildman–Crippen MR) is 125 cm³/mol. The predicted octanol–water partition coefficient (Wildman–Crippen LogP) is 2.26. The van der Waals surface area contributed by atoms with Crippen LogP contribution >= 0.6 is 0 Å². The number of hydrogen-bond donors (Lipinski definition) is 1. The van der Waals surface area contributed by atoms with Gasteiger partial charge in [0.25, 0.3) is 0 Å². The van der Waals surface area contributed by atoms with Crippen LogP contribution in [0.1, 0.15) is 23.6 Å². The molecule has 0 atom stereocenters. The molecule has 0 radical (unpaired) electrons. The van der Waals surface area contributed by atoms with E-state index in [2.05, 4.69) is 77.3 Å². The van der Waals surface area contributed by atoms with Gasteiger partial charge in [0, 0.05) is 77.4 Å². The summed E-state index contributed by atoms with van der Waals surface area (Å²) in [5.41, 5.74) is 5.35. The van der Waals surface area contributed by atoms with Crippen LogP contribution in [0.5, 0.6) is 0 Å². The highest BCUT2D eigenvalue weighted by molar-refractivity contribution is 5.79. The second-order valence-electron chi connectivity index (χ2n) is 8.16. The van der Waals surface area contributed by atoms with Crippen molar-refractivity contribution < 1.29 is 0 Å². The van der Waals surface area contributed by atoms with E-state index in [0.29, 0.717) is 0 Å². The minimum atomic E-state index is 0.800. The second-order valence-corrected chi connectivity index (χ2v) is 8.16. The highest BCUT2D eigenvalue weighted by Crippen LogP contribution is 2.23. The van der Waals surface area contributed by atoms with Crippen LogP contribution in [0.3, 0.4) is 0 Å². The Morgan fingerprint density at radius 2 is 1.97 bits per heavy atom. The molecular weight excluding hydrogens is 374 g/mol. The van der Waals surface area contributed by atoms with Gasteiger partial charge in [-0.3, -0.25) is 14.6 Å². The minimum Gasteiger partial charge on any atom is -0.369 e. The summed E-state index contributed by atoms with van der Waals surface area (Å²) in [6.45, 7) is 14.3. The summed E-state index contributed by atoms with van der Waals surface area (Å²) in [4.78, 5) is 12.1. The lowest BCUT2D eigenvalue weighted by atomic mass is 10.1. The standard InChI is InChI=1S/C23H37N7/c1-6-24-23(27(4)17-21-16-26-28(5)18-21)25-10-11-29-12-14-30(15-13-29)22-9-7-8-19(2)20(22)3/h7-9,16,18H,6,10-15,17H2,1-5H3,(H,24,25). The number of aryl methyl sites for hydroxylation is 2. The first-order valence-electron chi connectivity index (χ1n) is 11.0. The molecule has 1 saturated heterocycles. The van der Waals surface area contributed by atoms with Gasteiger partial charge in [0.15, 0.2) is 5.96 Å². The van der Waals surface area contributed by atoms with Crippen molar-refractivity contribution in [3.05, 3.63) is 47.3 Å². The van der Waals surface area contributed by atoms with Crippen molar-refractivity contribution in [2.24, 2.45) is 12.0 Å². The number of nitrogens with one attached hydrogen (secondary N) is 1. The largest absolute Gasteiger partial charge is 0.369 e. The highest BCUT2D eigenvalue weighted by atomic mass is 15.3. The number of aromatic nitrogens is 2. The average molecular weight is 412 g/mol. The SMILES string of the molecule is CCNC(=NCCN1CCN(c2cccc(C)c2C)CC1)N(C)Cc1cnn(C)c1. The maximum atomic E-state index is 4.86. The number of benzene rings is 1. The number of rotatable bonds is 7. The molecule has 1 aliphatic heterocycles. The molecular formula is C23H37N7. The molecule has 1 N–H and O–H groups in total. The van der Waals surface area contributed by atoms with Gasteiger partial charge < -0.3 is 15.1 Å². The quantitative estimate of drug-likeness (QED) is 0.560. The van der Waals surface area contributed by atoms with Gasteiger partial charge in [0.05, 0.1) is 12.7 Å². The number of guanidine groups is 1. The van der Waals surface area contributed by atoms with E-state index in [9.17, 15) is 0 Å². The number of anilines is 1. The molecule has 1 aromatic carbocycles. The van der Waals surface area contributed by atoms with E-state index in [4.69, 9.17) is 4.99 Å². The Labute approximate surface area is 181 Å². The van der Waals surface area contributed by atoms with Crippen molar-refractivity contribution in [3.63, 3.8) is 0 Å². The summed E-state index contributed by atoms with van der Waals surface area (Å²) < 4.78 is 1.84. The van der Waals surface area contributed by atoms with Crippen LogP contribution < -0.4 is 10.2 Å². The lowest BCUT2D eigenvalue weighted by Gasteiger charge is -2.37. The van der Waals surface area contributed by atoms with Gasteiger partial charge >= 0.3 is 0 Å². The fourth-order valence-electron chi connectivity index (χ4n) is 3.96. The Morgan fingerprint density at radius 1 is 1.20 bits per heavy atom. The molecule has 2 heterocycles. The summed E-state index contributed by atoms with van der Waals surface area (Å²) >= 11 is 0. The molecule has 0 unspecified atom stereocenters. The van der Waals surface area contributed by atoms with Crippen LogP contribution in [0.25, 0.3) is 0 Å². The van der Waals surface area contributed by atoms with Crippen LogP contribution in [0.2, 0.25) is 0 Å². The van der Waals surface area contributed by atoms with E-state index >= 15 is 0 Å². The third-order valence-corrected chi connectivity index (χ3v) is 5.84. The Kier molecular flexibility index (Phi) is 7.74. The fraction of sp³-hybridized carbons (Fsp3) is 0.565. The summed E-state index contributed by atoms with van der Waals surface area (Å²) in [7, 11) is 4.03. The van der Waals surface area contributed by atoms with Crippen molar-refractivity contribution in [2.45, 2.75) is 27.3 Å². The van der Waals surface area contributed by atoms with Gasteiger partial charge in [-0.2, -0.15) is 5.10 Å². The number of hydrogen-bond acceptors (Lipinski definition) is 4. The molecule has 0 aliphatic carbocycles. The number of piperazine rings is 1. The normalized spacial score (nSPS) is 15.5. The van der Waals surface area contributed by atoms with Crippen molar-refractivity contribution in [1.29, 1.82) is 0 Å². The van der Waals surface area contributed by atoms with Crippen molar-refractivity contribution in [2.75, 3.05) is 57.8 Å². The number of aliphatic imine (C=N–C) groups is 1. The third kappa shape index (κ3) is 5.75. The summed E-state index contributed by atoms with van der Waals surface area (Å²) in [6, 6.07) is 6.62. The van der Waals surface area contributed by atoms with Crippen LogP contribution in [0, 0.1) is 13.8 Å². The van der Waals surface area contributed by atoms with Gasteiger partial charge in [-0.1, -0.05) is 12.1 Å². The molecule has 1 aromatic heterocycles. The first-order chi connectivity index (χ1) is 14.5. The molecule has 164 valence electrons. The molecule has 0 saturated carbocycles. The van der Waals surface area contributed by atoms with Gasteiger partial charge in [-0.15, -0.1) is 0 Å². The van der Waals surface area contributed by atoms with Crippen LogP contribution in [0.4, 0.5) is 5.69 Å². The van der Waals surface area contributed by atoms with Crippen LogP contribution in [-0.2, 0) is 13.6 Å². The smallest absolute Gasteiger partial charge is 0.194 e. The van der Waals surface area contributed by atoms with Gasteiger partial charge in [-0.05, 0) is 38.0 Å². The Bertz CT molecular complexity index is 834. The zero-order valence-electron chi connectivity index (χ0n) is 19.2. The lowest BCUT2D eigenvalue weighted by molar-refractivity contribution is 0.264. The first-order valence-corrected chi connectivity index (χ1v) is 11.0. The zero-order chi connectivity index (χ0) is 21.5. The second kappa shape index (κ2) is 10.5. The molecule has 2 aromatic rings. The average Bonchev–Trinajstić information content (AvgIpc) is 3.14. The maximum absolute atomic E-state index is 4.86. The van der Waals surface area contributed by atoms with E-state index in [1.165, 1.54) is 22.4 Å². The minimum absolute atomic E-state index is 0.800. The molecule has 0 spiro atoms. The van der Waals surface area contributed by atoms with Gasteiger partial charge in [0.1, 0.15) is 0 Å². The van der Waals surface area contributed by atoms with Crippen molar-refractivity contribution >= 4 is 11.6 Å². The van der Waals surface area contributed by atoms with E-state index in [1.807, 2.05) is 17.9 Å². The van der Waals surface area contributed by atoms with Crippen LogP contribution in [0.15, 0.2) is 35.6 Å². The molecule has 3 rings (SSSR count). The Hall–Kier alpha value is -2.54. The van der Waals surface area contributed by atoms with Crippen molar-refractivity contribution in [3.8, 4) is 0 Å². The van der Waals surface area contributed by atoms with Gasteiger partial charge in [-0.25, -0.2) is 0 Å². The van der Waals surface area contributed by atoms with Crippen LogP contribution in [-0.4, -0.2) is 78.4 Å². The summed E-state index contributed by atoms with van der Waals surface area (Å²) in [5.74, 6) is 0.954. The molecule has 1 aliphatic rings. The molecule has 0 amide bonds. The van der Waals surface area contributed by atoms with Gasteiger partial charge in [0.2, 0.25) is 0 Å². The topological polar surface area (TPSA) is 51.9 Å². The third-order valence-electron chi connectivity index (χ3n) is 5.84. The zero-order valence-corrected chi connectivity index (χ0v) is 19.2. The lowest BCUT2D eigenvalue weighted by Crippen LogP contribution is -2.47. The summed E-state index contributed by atoms with van der Waals surface area (Å²) in [5, 5.41) is 7.66. The maximum Gasteiger partial charge on any atom is 0.194 e. The van der Waals surface area contributed by atoms with E-state index in [1.54, 1.807) is 0 Å². The van der Waals surface area contributed by atoms with Crippen molar-refractivity contribution in [1.82, 2.24) is 24.9 Å². The van der Waals surface area contributed by atoms with E-state index in [0.717, 1.165) is 58.3 Å². The first kappa shape index (κ1) is 22.2. The fourth-order valence-corrected chi connectivity index (χ4v) is 3.96.